The maximum Gasteiger partial charge on any atom is 0.0668 e. The van der Waals surface area contributed by atoms with E-state index in [0.29, 0.717) is 12.8 Å². The Kier molecular flexibility index (Phi) is 7.45. The van der Waals surface area contributed by atoms with Crippen LogP contribution in [0, 0.1) is 0 Å². The van der Waals surface area contributed by atoms with Gasteiger partial charge in [-0.25, -0.2) is 0 Å². The van der Waals surface area contributed by atoms with E-state index in [0.717, 1.165) is 19.6 Å². The number of aliphatic hydroxyl groups is 2. The van der Waals surface area contributed by atoms with E-state index in [4.69, 9.17) is 5.11 Å². The van der Waals surface area contributed by atoms with Gasteiger partial charge < -0.3 is 15.1 Å². The summed E-state index contributed by atoms with van der Waals surface area (Å²) in [4.78, 5) is 2.18. The highest BCUT2D eigenvalue weighted by atomic mass is 16.3. The summed E-state index contributed by atoms with van der Waals surface area (Å²) < 4.78 is 0. The number of nitrogens with zero attached hydrogens (tertiary/aromatic N) is 1. The molecule has 0 rings (SSSR count). The molecule has 74 valence electrons. The Morgan fingerprint density at radius 1 is 1.25 bits per heavy atom. The van der Waals surface area contributed by atoms with Crippen LogP contribution >= 0.6 is 0 Å². The Morgan fingerprint density at radius 2 is 1.83 bits per heavy atom. The SMILES string of the molecule is CCN(CC)CC(O)CCCO. The van der Waals surface area contributed by atoms with E-state index >= 15 is 0 Å². The predicted octanol–water partition coefficient (Wildman–Crippen LogP) is 0.462. The first-order valence-electron chi connectivity index (χ1n) is 4.75. The van der Waals surface area contributed by atoms with Crippen molar-refractivity contribution >= 4 is 0 Å². The summed E-state index contributed by atoms with van der Waals surface area (Å²) in [5.41, 5.74) is 0. The molecule has 0 radical (unpaired) electrons. The molecule has 0 aromatic heterocycles. The monoisotopic (exact) mass is 175 g/mol. The third-order valence-corrected chi connectivity index (χ3v) is 2.06. The lowest BCUT2D eigenvalue weighted by atomic mass is 10.2. The zero-order valence-electron chi connectivity index (χ0n) is 8.16. The normalized spacial score (nSPS) is 13.8. The van der Waals surface area contributed by atoms with Crippen LogP contribution in [0.2, 0.25) is 0 Å². The number of hydrogen-bond acceptors (Lipinski definition) is 3. The molecule has 1 unspecified atom stereocenters. The van der Waals surface area contributed by atoms with Crippen LogP contribution in [0.4, 0.5) is 0 Å². The molecule has 0 aromatic rings. The molecule has 1 atom stereocenters. The Morgan fingerprint density at radius 3 is 2.25 bits per heavy atom. The van der Waals surface area contributed by atoms with Crippen molar-refractivity contribution in [2.75, 3.05) is 26.2 Å². The second-order valence-electron chi connectivity index (χ2n) is 3.01. The summed E-state index contributed by atoms with van der Waals surface area (Å²) in [7, 11) is 0. The Labute approximate surface area is 75.0 Å². The fourth-order valence-corrected chi connectivity index (χ4v) is 1.20. The molecule has 12 heavy (non-hydrogen) atoms. The number of aliphatic hydroxyl groups excluding tert-OH is 2. The van der Waals surface area contributed by atoms with Crippen molar-refractivity contribution in [3.63, 3.8) is 0 Å². The lowest BCUT2D eigenvalue weighted by molar-refractivity contribution is 0.103. The van der Waals surface area contributed by atoms with Crippen LogP contribution in [0.25, 0.3) is 0 Å². The maximum atomic E-state index is 9.46. The Bertz CT molecular complexity index is 94.5. The lowest BCUT2D eigenvalue weighted by Crippen LogP contribution is -2.32. The topological polar surface area (TPSA) is 43.7 Å². The highest BCUT2D eigenvalue weighted by Crippen LogP contribution is 1.99. The maximum absolute atomic E-state index is 9.46. The summed E-state index contributed by atoms with van der Waals surface area (Å²) in [6, 6.07) is 0. The van der Waals surface area contributed by atoms with Gasteiger partial charge in [-0.3, -0.25) is 0 Å². The van der Waals surface area contributed by atoms with Crippen molar-refractivity contribution in [2.45, 2.75) is 32.8 Å². The van der Waals surface area contributed by atoms with Crippen LogP contribution in [-0.4, -0.2) is 47.5 Å². The third kappa shape index (κ3) is 5.52. The smallest absolute Gasteiger partial charge is 0.0668 e. The Balaban J connectivity index is 3.44. The van der Waals surface area contributed by atoms with Gasteiger partial charge in [-0.05, 0) is 25.9 Å². The number of likely N-dealkylation sites (N-methyl/N-ethyl adjacent to an activating group) is 1. The fraction of sp³-hybridized carbons (Fsp3) is 1.00. The van der Waals surface area contributed by atoms with Crippen molar-refractivity contribution in [3.8, 4) is 0 Å². The molecule has 0 heterocycles. The fourth-order valence-electron chi connectivity index (χ4n) is 1.20. The van der Waals surface area contributed by atoms with Gasteiger partial charge >= 0.3 is 0 Å². The van der Waals surface area contributed by atoms with E-state index in [-0.39, 0.29) is 12.7 Å². The summed E-state index contributed by atoms with van der Waals surface area (Å²) in [5.74, 6) is 0. The molecule has 0 aliphatic heterocycles. The number of hydrogen-bond donors (Lipinski definition) is 2. The van der Waals surface area contributed by atoms with Gasteiger partial charge in [0.1, 0.15) is 0 Å². The predicted molar refractivity (Wildman–Crippen MR) is 50.1 cm³/mol. The van der Waals surface area contributed by atoms with E-state index in [1.807, 2.05) is 0 Å². The molecule has 2 N–H and O–H groups in total. The third-order valence-electron chi connectivity index (χ3n) is 2.06. The van der Waals surface area contributed by atoms with Gasteiger partial charge in [0.05, 0.1) is 6.10 Å². The zero-order chi connectivity index (χ0) is 9.40. The summed E-state index contributed by atoms with van der Waals surface area (Å²) in [6.07, 6.45) is 1.12. The minimum atomic E-state index is -0.281. The molecule has 0 bridgehead atoms. The minimum Gasteiger partial charge on any atom is -0.396 e. The first-order valence-corrected chi connectivity index (χ1v) is 4.75. The van der Waals surface area contributed by atoms with Gasteiger partial charge in [-0.2, -0.15) is 0 Å². The number of rotatable bonds is 7. The summed E-state index contributed by atoms with van der Waals surface area (Å²) >= 11 is 0. The van der Waals surface area contributed by atoms with Crippen molar-refractivity contribution in [3.05, 3.63) is 0 Å². The molecule has 0 saturated carbocycles. The summed E-state index contributed by atoms with van der Waals surface area (Å²) in [5, 5.41) is 18.0. The molecular weight excluding hydrogens is 154 g/mol. The van der Waals surface area contributed by atoms with E-state index in [1.54, 1.807) is 0 Å². The van der Waals surface area contributed by atoms with Crippen molar-refractivity contribution < 1.29 is 10.2 Å². The second-order valence-corrected chi connectivity index (χ2v) is 3.01. The molecule has 0 spiro atoms. The molecule has 0 aliphatic rings. The summed E-state index contributed by atoms with van der Waals surface area (Å²) in [6.45, 7) is 7.03. The molecule has 0 saturated heterocycles. The van der Waals surface area contributed by atoms with Crippen molar-refractivity contribution in [1.29, 1.82) is 0 Å². The van der Waals surface area contributed by atoms with E-state index in [9.17, 15) is 5.11 Å². The average molecular weight is 175 g/mol. The van der Waals surface area contributed by atoms with E-state index in [2.05, 4.69) is 18.7 Å². The van der Waals surface area contributed by atoms with Gasteiger partial charge in [-0.15, -0.1) is 0 Å². The quantitative estimate of drug-likeness (QED) is 0.591. The van der Waals surface area contributed by atoms with Crippen molar-refractivity contribution in [2.24, 2.45) is 0 Å². The largest absolute Gasteiger partial charge is 0.396 e. The first kappa shape index (κ1) is 11.9. The van der Waals surface area contributed by atoms with Gasteiger partial charge in [0, 0.05) is 13.2 Å². The molecule has 0 amide bonds. The first-order chi connectivity index (χ1) is 5.74. The Hall–Kier alpha value is -0.120. The highest BCUT2D eigenvalue weighted by Gasteiger charge is 2.07. The van der Waals surface area contributed by atoms with Crippen molar-refractivity contribution in [1.82, 2.24) is 4.90 Å². The van der Waals surface area contributed by atoms with Crippen LogP contribution in [0.15, 0.2) is 0 Å². The highest BCUT2D eigenvalue weighted by molar-refractivity contribution is 4.61. The van der Waals surface area contributed by atoms with E-state index < -0.39 is 0 Å². The van der Waals surface area contributed by atoms with Crippen LogP contribution in [-0.2, 0) is 0 Å². The minimum absolute atomic E-state index is 0.176. The van der Waals surface area contributed by atoms with Crippen LogP contribution < -0.4 is 0 Å². The van der Waals surface area contributed by atoms with Crippen LogP contribution in [0.3, 0.4) is 0 Å². The molecule has 0 fully saturated rings. The van der Waals surface area contributed by atoms with E-state index in [1.165, 1.54) is 0 Å². The van der Waals surface area contributed by atoms with Gasteiger partial charge in [0.15, 0.2) is 0 Å². The van der Waals surface area contributed by atoms with Crippen LogP contribution in [0.5, 0.6) is 0 Å². The molecule has 0 aliphatic carbocycles. The average Bonchev–Trinajstić information content (AvgIpc) is 2.10. The standard InChI is InChI=1S/C9H21NO2/c1-3-10(4-2)8-9(12)6-5-7-11/h9,11-12H,3-8H2,1-2H3. The zero-order valence-corrected chi connectivity index (χ0v) is 8.16. The van der Waals surface area contributed by atoms with Crippen LogP contribution in [0.1, 0.15) is 26.7 Å². The lowest BCUT2D eigenvalue weighted by Gasteiger charge is -2.21. The molecule has 3 nitrogen and oxygen atoms in total. The van der Waals surface area contributed by atoms with Gasteiger partial charge in [0.2, 0.25) is 0 Å². The molecular formula is C9H21NO2. The molecule has 0 aromatic carbocycles. The second kappa shape index (κ2) is 7.53. The molecule has 3 heteroatoms. The van der Waals surface area contributed by atoms with Gasteiger partial charge in [-0.1, -0.05) is 13.8 Å². The van der Waals surface area contributed by atoms with Gasteiger partial charge in [0.25, 0.3) is 0 Å².